The van der Waals surface area contributed by atoms with Crippen LogP contribution in [0.2, 0.25) is 0 Å². The zero-order valence-corrected chi connectivity index (χ0v) is 11.8. The fourth-order valence-electron chi connectivity index (χ4n) is 2.75. The summed E-state index contributed by atoms with van der Waals surface area (Å²) in [5, 5.41) is 1.24. The molecule has 4 heteroatoms. The molecule has 0 bridgehead atoms. The highest BCUT2D eigenvalue weighted by Gasteiger charge is 2.30. The molecule has 1 aromatic rings. The first-order chi connectivity index (χ1) is 8.88. The van der Waals surface area contributed by atoms with Crippen LogP contribution in [0.25, 0.3) is 0 Å². The maximum absolute atomic E-state index is 5.87. The molecule has 0 atom stereocenters. The second-order valence-corrected chi connectivity index (χ2v) is 6.60. The van der Waals surface area contributed by atoms with Crippen molar-refractivity contribution in [2.45, 2.75) is 57.4 Å². The Labute approximate surface area is 113 Å². The van der Waals surface area contributed by atoms with Crippen LogP contribution >= 0.6 is 11.3 Å². The van der Waals surface area contributed by atoms with Crippen LogP contribution in [0.5, 0.6) is 0 Å². The summed E-state index contributed by atoms with van der Waals surface area (Å²) in [6, 6.07) is 0. The number of nitrogens with two attached hydrogens (primary N) is 1. The molecule has 2 fully saturated rings. The number of rotatable bonds is 3. The lowest BCUT2D eigenvalue weighted by molar-refractivity contribution is 0.555. The van der Waals surface area contributed by atoms with Crippen molar-refractivity contribution in [3.63, 3.8) is 0 Å². The molecule has 1 aliphatic heterocycles. The zero-order chi connectivity index (χ0) is 12.4. The predicted octanol–water partition coefficient (Wildman–Crippen LogP) is 3.25. The Kier molecular flexibility index (Phi) is 3.85. The minimum absolute atomic E-state index is 0.664. The fourth-order valence-corrected chi connectivity index (χ4v) is 3.82. The van der Waals surface area contributed by atoms with E-state index in [4.69, 9.17) is 10.7 Å². The number of thiazole rings is 1. The van der Waals surface area contributed by atoms with Crippen molar-refractivity contribution in [3.05, 3.63) is 10.6 Å². The van der Waals surface area contributed by atoms with Crippen LogP contribution in [0.3, 0.4) is 0 Å². The summed E-state index contributed by atoms with van der Waals surface area (Å²) in [7, 11) is 0. The van der Waals surface area contributed by atoms with Crippen molar-refractivity contribution in [1.29, 1.82) is 0 Å². The van der Waals surface area contributed by atoms with Crippen LogP contribution in [-0.2, 0) is 6.54 Å². The van der Waals surface area contributed by atoms with Crippen LogP contribution in [0, 0.1) is 0 Å². The monoisotopic (exact) mass is 265 g/mol. The Morgan fingerprint density at radius 1 is 1.11 bits per heavy atom. The minimum Gasteiger partial charge on any atom is -0.348 e. The molecule has 0 aromatic carbocycles. The summed E-state index contributed by atoms with van der Waals surface area (Å²) in [5.41, 5.74) is 7.19. The number of nitrogens with zero attached hydrogens (tertiary/aromatic N) is 2. The molecule has 1 saturated heterocycles. The Morgan fingerprint density at radius 3 is 2.39 bits per heavy atom. The lowest BCUT2D eigenvalue weighted by Crippen LogP contribution is -2.26. The van der Waals surface area contributed by atoms with Gasteiger partial charge in [-0.3, -0.25) is 0 Å². The van der Waals surface area contributed by atoms with E-state index >= 15 is 0 Å². The molecule has 100 valence electrons. The maximum atomic E-state index is 5.87. The molecular formula is C14H23N3S. The largest absolute Gasteiger partial charge is 0.348 e. The molecule has 2 heterocycles. The van der Waals surface area contributed by atoms with Crippen LogP contribution in [0.4, 0.5) is 5.13 Å². The predicted molar refractivity (Wildman–Crippen MR) is 77.3 cm³/mol. The van der Waals surface area contributed by atoms with Gasteiger partial charge in [-0.2, -0.15) is 0 Å². The molecule has 0 unspecified atom stereocenters. The van der Waals surface area contributed by atoms with Crippen molar-refractivity contribution >= 4 is 16.5 Å². The fraction of sp³-hybridized carbons (Fsp3) is 0.786. The van der Waals surface area contributed by atoms with E-state index in [1.54, 1.807) is 0 Å². The number of anilines is 1. The van der Waals surface area contributed by atoms with Gasteiger partial charge in [0, 0.05) is 30.4 Å². The van der Waals surface area contributed by atoms with Gasteiger partial charge in [0.15, 0.2) is 5.13 Å². The third kappa shape index (κ3) is 2.69. The van der Waals surface area contributed by atoms with Crippen molar-refractivity contribution in [1.82, 2.24) is 4.98 Å². The van der Waals surface area contributed by atoms with E-state index < -0.39 is 0 Å². The van der Waals surface area contributed by atoms with Crippen LogP contribution in [0.1, 0.15) is 61.4 Å². The van der Waals surface area contributed by atoms with E-state index in [0.717, 1.165) is 5.92 Å². The number of aromatic nitrogens is 1. The van der Waals surface area contributed by atoms with Gasteiger partial charge in [-0.1, -0.05) is 19.3 Å². The van der Waals surface area contributed by atoms with Crippen LogP contribution in [0.15, 0.2) is 0 Å². The van der Waals surface area contributed by atoms with E-state index in [0.29, 0.717) is 6.54 Å². The SMILES string of the molecule is NCc1sc(N2CCCCCCC2)nc1C1CC1. The van der Waals surface area contributed by atoms with E-state index in [1.165, 1.54) is 73.7 Å². The first-order valence-corrected chi connectivity index (χ1v) is 8.14. The highest BCUT2D eigenvalue weighted by molar-refractivity contribution is 7.15. The second-order valence-electron chi connectivity index (χ2n) is 5.54. The van der Waals surface area contributed by atoms with Gasteiger partial charge in [0.05, 0.1) is 5.69 Å². The average molecular weight is 265 g/mol. The lowest BCUT2D eigenvalue weighted by Gasteiger charge is -2.23. The molecule has 2 aliphatic rings. The highest BCUT2D eigenvalue weighted by Crippen LogP contribution is 2.44. The van der Waals surface area contributed by atoms with E-state index in [2.05, 4.69) is 4.90 Å². The highest BCUT2D eigenvalue weighted by atomic mass is 32.1. The molecule has 0 spiro atoms. The number of hydrogen-bond acceptors (Lipinski definition) is 4. The summed E-state index contributed by atoms with van der Waals surface area (Å²) in [6.07, 6.45) is 9.42. The van der Waals surface area contributed by atoms with Gasteiger partial charge < -0.3 is 10.6 Å². The normalized spacial score (nSPS) is 21.7. The van der Waals surface area contributed by atoms with Gasteiger partial charge in [-0.25, -0.2) is 4.98 Å². The summed E-state index contributed by atoms with van der Waals surface area (Å²) in [6.45, 7) is 3.03. The Bertz CT molecular complexity index is 390. The molecule has 0 amide bonds. The first kappa shape index (κ1) is 12.4. The topological polar surface area (TPSA) is 42.1 Å². The Balaban J connectivity index is 1.77. The van der Waals surface area contributed by atoms with Gasteiger partial charge in [0.25, 0.3) is 0 Å². The van der Waals surface area contributed by atoms with Gasteiger partial charge in [0.1, 0.15) is 0 Å². The van der Waals surface area contributed by atoms with Gasteiger partial charge >= 0.3 is 0 Å². The summed E-state index contributed by atoms with van der Waals surface area (Å²) >= 11 is 1.84. The standard InChI is InChI=1S/C14H23N3S/c15-10-12-13(11-6-7-11)16-14(18-12)17-8-4-2-1-3-5-9-17/h11H,1-10,15H2. The van der Waals surface area contributed by atoms with E-state index in [1.807, 2.05) is 11.3 Å². The van der Waals surface area contributed by atoms with E-state index in [-0.39, 0.29) is 0 Å². The summed E-state index contributed by atoms with van der Waals surface area (Å²) in [4.78, 5) is 8.73. The smallest absolute Gasteiger partial charge is 0.185 e. The average Bonchev–Trinajstić information content (AvgIpc) is 3.09. The van der Waals surface area contributed by atoms with Gasteiger partial charge in [-0.15, -0.1) is 11.3 Å². The Morgan fingerprint density at radius 2 is 1.78 bits per heavy atom. The van der Waals surface area contributed by atoms with Gasteiger partial charge in [0.2, 0.25) is 0 Å². The maximum Gasteiger partial charge on any atom is 0.185 e. The van der Waals surface area contributed by atoms with Gasteiger partial charge in [-0.05, 0) is 25.7 Å². The van der Waals surface area contributed by atoms with Crippen LogP contribution < -0.4 is 10.6 Å². The zero-order valence-electron chi connectivity index (χ0n) is 11.0. The molecule has 3 nitrogen and oxygen atoms in total. The van der Waals surface area contributed by atoms with E-state index in [9.17, 15) is 0 Å². The quantitative estimate of drug-likeness (QED) is 0.912. The Hall–Kier alpha value is -0.610. The summed E-state index contributed by atoms with van der Waals surface area (Å²) in [5.74, 6) is 0.725. The second kappa shape index (κ2) is 5.57. The van der Waals surface area contributed by atoms with Crippen molar-refractivity contribution in [3.8, 4) is 0 Å². The van der Waals surface area contributed by atoms with Crippen molar-refractivity contribution in [2.75, 3.05) is 18.0 Å². The van der Waals surface area contributed by atoms with Crippen molar-refractivity contribution in [2.24, 2.45) is 5.73 Å². The van der Waals surface area contributed by atoms with Crippen LogP contribution in [-0.4, -0.2) is 18.1 Å². The molecule has 18 heavy (non-hydrogen) atoms. The third-order valence-corrected chi connectivity index (χ3v) is 5.15. The molecule has 1 saturated carbocycles. The summed E-state index contributed by atoms with van der Waals surface area (Å²) < 4.78 is 0. The molecule has 1 aromatic heterocycles. The van der Waals surface area contributed by atoms with Crippen molar-refractivity contribution < 1.29 is 0 Å². The number of hydrogen-bond donors (Lipinski definition) is 1. The minimum atomic E-state index is 0.664. The molecule has 0 radical (unpaired) electrons. The molecule has 2 N–H and O–H groups in total. The third-order valence-electron chi connectivity index (χ3n) is 3.99. The molecular weight excluding hydrogens is 242 g/mol. The first-order valence-electron chi connectivity index (χ1n) is 7.33. The lowest BCUT2D eigenvalue weighted by atomic mass is 10.1. The molecule has 3 rings (SSSR count). The molecule has 1 aliphatic carbocycles.